The van der Waals surface area contributed by atoms with E-state index in [1.807, 2.05) is 31.3 Å². The van der Waals surface area contributed by atoms with Gasteiger partial charge >= 0.3 is 5.63 Å². The third kappa shape index (κ3) is 5.11. The number of hydrogen-bond acceptors (Lipinski definition) is 6. The van der Waals surface area contributed by atoms with Crippen LogP contribution in [0.3, 0.4) is 0 Å². The van der Waals surface area contributed by atoms with Crippen LogP contribution in [0.4, 0.5) is 0 Å². The van der Waals surface area contributed by atoms with Gasteiger partial charge in [0.1, 0.15) is 16.9 Å². The first-order valence-corrected chi connectivity index (χ1v) is 10.8. The number of rotatable bonds is 6. The van der Waals surface area contributed by atoms with E-state index < -0.39 is 5.63 Å². The number of carbonyl (C=O) groups is 1. The molecule has 0 saturated carbocycles. The van der Waals surface area contributed by atoms with Gasteiger partial charge in [-0.3, -0.25) is 14.7 Å². The van der Waals surface area contributed by atoms with Gasteiger partial charge in [-0.1, -0.05) is 13.0 Å². The van der Waals surface area contributed by atoms with Gasteiger partial charge in [-0.15, -0.1) is 0 Å². The van der Waals surface area contributed by atoms with Crippen molar-refractivity contribution >= 4 is 16.9 Å². The van der Waals surface area contributed by atoms with Crippen LogP contribution in [0, 0.1) is 0 Å². The van der Waals surface area contributed by atoms with E-state index in [9.17, 15) is 9.59 Å². The van der Waals surface area contributed by atoms with Crippen molar-refractivity contribution in [2.45, 2.75) is 26.3 Å². The van der Waals surface area contributed by atoms with Crippen LogP contribution in [0.2, 0.25) is 0 Å². The van der Waals surface area contributed by atoms with Gasteiger partial charge in [0.2, 0.25) is 0 Å². The van der Waals surface area contributed by atoms with E-state index in [0.717, 1.165) is 38.0 Å². The van der Waals surface area contributed by atoms with Gasteiger partial charge < -0.3 is 14.1 Å². The molecule has 3 aromatic rings. The Morgan fingerprint density at radius 1 is 1.16 bits per heavy atom. The van der Waals surface area contributed by atoms with Crippen molar-refractivity contribution in [1.29, 1.82) is 0 Å². The lowest BCUT2D eigenvalue weighted by molar-refractivity contribution is 0.0757. The van der Waals surface area contributed by atoms with Crippen LogP contribution in [-0.4, -0.2) is 53.5 Å². The zero-order valence-corrected chi connectivity index (χ0v) is 17.8. The van der Waals surface area contributed by atoms with E-state index in [0.29, 0.717) is 36.4 Å². The Kier molecular flexibility index (Phi) is 6.62. The third-order valence-electron chi connectivity index (χ3n) is 5.42. The molecule has 0 unspecified atom stereocenters. The number of benzene rings is 1. The van der Waals surface area contributed by atoms with Crippen LogP contribution in [-0.2, 0) is 6.54 Å². The van der Waals surface area contributed by atoms with Gasteiger partial charge in [0.05, 0.1) is 6.61 Å². The lowest BCUT2D eigenvalue weighted by atomic mass is 10.1. The number of ether oxygens (including phenoxy) is 1. The summed E-state index contributed by atoms with van der Waals surface area (Å²) < 4.78 is 11.1. The van der Waals surface area contributed by atoms with Crippen molar-refractivity contribution in [3.05, 3.63) is 70.3 Å². The number of hydrogen-bond donors (Lipinski definition) is 0. The molecule has 0 aliphatic carbocycles. The predicted molar refractivity (Wildman–Crippen MR) is 118 cm³/mol. The maximum absolute atomic E-state index is 13.1. The zero-order valence-electron chi connectivity index (χ0n) is 17.8. The summed E-state index contributed by atoms with van der Waals surface area (Å²) in [5.74, 6) is 0.378. The lowest BCUT2D eigenvalue weighted by Crippen LogP contribution is -2.37. The molecular formula is C24H27N3O4. The molecule has 0 radical (unpaired) electrons. The highest BCUT2D eigenvalue weighted by Crippen LogP contribution is 2.21. The zero-order chi connectivity index (χ0) is 21.6. The SMILES string of the molecule is CCCOc1ccc2cc(C(=O)N3CCCN(Cc4cccnc4)CC3)c(=O)oc2c1. The number of carbonyl (C=O) groups excluding carboxylic acids is 1. The van der Waals surface area contributed by atoms with E-state index >= 15 is 0 Å². The first kappa shape index (κ1) is 21.1. The molecule has 1 aliphatic heterocycles. The molecule has 1 aliphatic rings. The molecule has 7 heteroatoms. The molecule has 7 nitrogen and oxygen atoms in total. The van der Waals surface area contributed by atoms with Crippen molar-refractivity contribution in [3.63, 3.8) is 0 Å². The fraction of sp³-hybridized carbons (Fsp3) is 0.375. The first-order chi connectivity index (χ1) is 15.1. The number of aromatic nitrogens is 1. The Bertz CT molecular complexity index is 1100. The van der Waals surface area contributed by atoms with Crippen molar-refractivity contribution in [1.82, 2.24) is 14.8 Å². The molecule has 0 atom stereocenters. The normalized spacial score (nSPS) is 15.1. The maximum Gasteiger partial charge on any atom is 0.349 e. The van der Waals surface area contributed by atoms with Gasteiger partial charge in [0.15, 0.2) is 0 Å². The molecule has 1 amide bonds. The standard InChI is InChI=1S/C24H27N3O4/c1-2-13-30-20-7-6-19-14-21(24(29)31-22(19)15-20)23(28)27-10-4-9-26(11-12-27)17-18-5-3-8-25-16-18/h3,5-8,14-16H,2,4,9-13,17H2,1H3. The summed E-state index contributed by atoms with van der Waals surface area (Å²) in [6.45, 7) is 6.25. The molecule has 0 N–H and O–H groups in total. The van der Waals surface area contributed by atoms with Gasteiger partial charge in [0.25, 0.3) is 5.91 Å². The molecule has 4 rings (SSSR count). The Morgan fingerprint density at radius 3 is 2.87 bits per heavy atom. The summed E-state index contributed by atoms with van der Waals surface area (Å²) in [5.41, 5.74) is 1.05. The fourth-order valence-corrected chi connectivity index (χ4v) is 3.80. The second-order valence-corrected chi connectivity index (χ2v) is 7.78. The van der Waals surface area contributed by atoms with Crippen LogP contribution in [0.15, 0.2) is 58.0 Å². The average molecular weight is 421 g/mol. The van der Waals surface area contributed by atoms with E-state index in [1.165, 1.54) is 0 Å². The molecule has 2 aromatic heterocycles. The molecule has 1 saturated heterocycles. The number of amides is 1. The molecule has 1 fully saturated rings. The highest BCUT2D eigenvalue weighted by molar-refractivity contribution is 5.96. The van der Waals surface area contributed by atoms with Gasteiger partial charge in [-0.2, -0.15) is 0 Å². The van der Waals surface area contributed by atoms with Gasteiger partial charge in [-0.05, 0) is 42.7 Å². The van der Waals surface area contributed by atoms with Crippen LogP contribution in [0.1, 0.15) is 35.7 Å². The third-order valence-corrected chi connectivity index (χ3v) is 5.42. The molecule has 0 bridgehead atoms. The summed E-state index contributed by atoms with van der Waals surface area (Å²) in [6.07, 6.45) is 5.38. The van der Waals surface area contributed by atoms with Crippen molar-refractivity contribution < 1.29 is 13.9 Å². The predicted octanol–water partition coefficient (Wildman–Crippen LogP) is 3.32. The van der Waals surface area contributed by atoms with Crippen molar-refractivity contribution in [3.8, 4) is 5.75 Å². The summed E-state index contributed by atoms with van der Waals surface area (Å²) in [5, 5.41) is 0.708. The molecule has 162 valence electrons. The highest BCUT2D eigenvalue weighted by atomic mass is 16.5. The monoisotopic (exact) mass is 421 g/mol. The molecule has 31 heavy (non-hydrogen) atoms. The highest BCUT2D eigenvalue weighted by Gasteiger charge is 2.23. The fourth-order valence-electron chi connectivity index (χ4n) is 3.80. The molecule has 0 spiro atoms. The minimum absolute atomic E-state index is 0.0791. The minimum Gasteiger partial charge on any atom is -0.493 e. The number of nitrogens with zero attached hydrogens (tertiary/aromatic N) is 3. The van der Waals surface area contributed by atoms with Crippen LogP contribution < -0.4 is 10.4 Å². The summed E-state index contributed by atoms with van der Waals surface area (Å²) in [6, 6.07) is 11.0. The van der Waals surface area contributed by atoms with Crippen LogP contribution >= 0.6 is 0 Å². The largest absolute Gasteiger partial charge is 0.493 e. The summed E-state index contributed by atoms with van der Waals surface area (Å²) in [7, 11) is 0. The quantitative estimate of drug-likeness (QED) is 0.569. The van der Waals surface area contributed by atoms with Crippen LogP contribution in [0.5, 0.6) is 5.75 Å². The minimum atomic E-state index is -0.610. The van der Waals surface area contributed by atoms with E-state index in [2.05, 4.69) is 16.0 Å². The van der Waals surface area contributed by atoms with E-state index in [1.54, 1.807) is 23.2 Å². The Hall–Kier alpha value is -3.19. The van der Waals surface area contributed by atoms with Gasteiger partial charge in [-0.25, -0.2) is 4.79 Å². The Morgan fingerprint density at radius 2 is 2.06 bits per heavy atom. The molecule has 1 aromatic carbocycles. The summed E-state index contributed by atoms with van der Waals surface area (Å²) >= 11 is 0. The number of fused-ring (bicyclic) bond motifs is 1. The maximum atomic E-state index is 13.1. The topological polar surface area (TPSA) is 75.9 Å². The smallest absolute Gasteiger partial charge is 0.349 e. The Labute approximate surface area is 181 Å². The number of pyridine rings is 1. The first-order valence-electron chi connectivity index (χ1n) is 10.8. The second kappa shape index (κ2) is 9.75. The van der Waals surface area contributed by atoms with Gasteiger partial charge in [0, 0.05) is 56.6 Å². The molecule has 3 heterocycles. The second-order valence-electron chi connectivity index (χ2n) is 7.78. The van der Waals surface area contributed by atoms with Crippen molar-refractivity contribution in [2.24, 2.45) is 0 Å². The van der Waals surface area contributed by atoms with E-state index in [4.69, 9.17) is 9.15 Å². The van der Waals surface area contributed by atoms with Crippen molar-refractivity contribution in [2.75, 3.05) is 32.8 Å². The molecular weight excluding hydrogens is 394 g/mol. The summed E-state index contributed by atoms with van der Waals surface area (Å²) in [4.78, 5) is 33.9. The lowest BCUT2D eigenvalue weighted by Gasteiger charge is -2.21. The average Bonchev–Trinajstić information content (AvgIpc) is 3.03. The Balaban J connectivity index is 1.47. The van der Waals surface area contributed by atoms with Crippen LogP contribution in [0.25, 0.3) is 11.0 Å². The van der Waals surface area contributed by atoms with E-state index in [-0.39, 0.29) is 11.5 Å².